The summed E-state index contributed by atoms with van der Waals surface area (Å²) in [5.41, 5.74) is 1.87. The summed E-state index contributed by atoms with van der Waals surface area (Å²) in [5.74, 6) is 0.00700. The number of carbonyl (C=O) groups is 1. The number of piperidine rings is 1. The number of aryl methyl sites for hydroxylation is 1. The smallest absolute Gasteiger partial charge is 0.264 e. The highest BCUT2D eigenvalue weighted by Crippen LogP contribution is 2.27. The number of sulfonamides is 1. The molecule has 0 radical (unpaired) electrons. The summed E-state index contributed by atoms with van der Waals surface area (Å²) in [6.45, 7) is 3.38. The number of amides is 1. The number of rotatable bonds is 4. The van der Waals surface area contributed by atoms with Crippen molar-refractivity contribution in [3.63, 3.8) is 0 Å². The number of halogens is 1. The quantitative estimate of drug-likeness (QED) is 0.768. The highest BCUT2D eigenvalue weighted by Gasteiger charge is 2.24. The normalized spacial score (nSPS) is 14.9. The van der Waals surface area contributed by atoms with E-state index in [9.17, 15) is 13.2 Å². The van der Waals surface area contributed by atoms with Crippen LogP contribution in [-0.2, 0) is 10.0 Å². The van der Waals surface area contributed by atoms with Crippen molar-refractivity contribution in [2.75, 3.05) is 24.4 Å². The third-order valence-electron chi connectivity index (χ3n) is 4.90. The highest BCUT2D eigenvalue weighted by molar-refractivity contribution is 7.92. The van der Waals surface area contributed by atoms with E-state index in [2.05, 4.69) is 0 Å². The number of nitrogens with zero attached hydrogens (tertiary/aromatic N) is 2. The molecule has 27 heavy (non-hydrogen) atoms. The first-order valence-electron chi connectivity index (χ1n) is 8.95. The average molecular weight is 407 g/mol. The molecule has 0 unspecified atom stereocenters. The van der Waals surface area contributed by atoms with Gasteiger partial charge in [-0.25, -0.2) is 8.42 Å². The SMILES string of the molecule is Cc1cc(C(=O)N2CCCCC2)ccc1N(C)S(=O)(=O)c1ccc(Cl)cc1. The first kappa shape index (κ1) is 19.7. The van der Waals surface area contributed by atoms with E-state index in [0.29, 0.717) is 16.3 Å². The van der Waals surface area contributed by atoms with Crippen molar-refractivity contribution in [2.24, 2.45) is 0 Å². The van der Waals surface area contributed by atoms with Crippen molar-refractivity contribution in [2.45, 2.75) is 31.1 Å². The van der Waals surface area contributed by atoms with E-state index in [-0.39, 0.29) is 10.8 Å². The van der Waals surface area contributed by atoms with Crippen molar-refractivity contribution in [3.8, 4) is 0 Å². The fourth-order valence-electron chi connectivity index (χ4n) is 3.32. The van der Waals surface area contributed by atoms with E-state index in [4.69, 9.17) is 11.6 Å². The van der Waals surface area contributed by atoms with Crippen LogP contribution in [0.1, 0.15) is 35.2 Å². The summed E-state index contributed by atoms with van der Waals surface area (Å²) in [6, 6.07) is 11.2. The number of benzene rings is 2. The van der Waals surface area contributed by atoms with Crippen LogP contribution in [0.3, 0.4) is 0 Å². The van der Waals surface area contributed by atoms with Gasteiger partial charge in [0.2, 0.25) is 0 Å². The molecule has 3 rings (SSSR count). The van der Waals surface area contributed by atoms with Gasteiger partial charge in [-0.1, -0.05) is 11.6 Å². The van der Waals surface area contributed by atoms with Crippen LogP contribution in [0.25, 0.3) is 0 Å². The molecule has 1 fully saturated rings. The molecule has 144 valence electrons. The lowest BCUT2D eigenvalue weighted by Crippen LogP contribution is -2.35. The third kappa shape index (κ3) is 4.12. The standard InChI is InChI=1S/C20H23ClN2O3S/c1-15-14-16(20(24)23-12-4-3-5-13-23)6-11-19(15)22(2)27(25,26)18-9-7-17(21)8-10-18/h6-11,14H,3-5,12-13H2,1-2H3. The van der Waals surface area contributed by atoms with Crippen LogP contribution in [0.2, 0.25) is 5.02 Å². The van der Waals surface area contributed by atoms with Gasteiger partial charge in [0.1, 0.15) is 0 Å². The van der Waals surface area contributed by atoms with Gasteiger partial charge < -0.3 is 4.90 Å². The molecule has 2 aromatic carbocycles. The number of anilines is 1. The molecule has 0 aromatic heterocycles. The van der Waals surface area contributed by atoms with Gasteiger partial charge in [0.05, 0.1) is 10.6 Å². The van der Waals surface area contributed by atoms with Crippen molar-refractivity contribution in [3.05, 3.63) is 58.6 Å². The van der Waals surface area contributed by atoms with Crippen LogP contribution < -0.4 is 4.31 Å². The zero-order valence-electron chi connectivity index (χ0n) is 15.5. The molecule has 1 amide bonds. The van der Waals surface area contributed by atoms with E-state index in [1.165, 1.54) is 23.5 Å². The molecule has 1 aliphatic heterocycles. The Labute approximate surface area is 165 Å². The Kier molecular flexibility index (Phi) is 5.77. The summed E-state index contributed by atoms with van der Waals surface area (Å²) >= 11 is 5.85. The van der Waals surface area contributed by atoms with Crippen molar-refractivity contribution in [1.82, 2.24) is 4.90 Å². The predicted octanol–water partition coefficient (Wildman–Crippen LogP) is 4.10. The molecule has 1 heterocycles. The van der Waals surface area contributed by atoms with Crippen molar-refractivity contribution < 1.29 is 13.2 Å². The Balaban J connectivity index is 1.86. The molecule has 2 aromatic rings. The number of likely N-dealkylation sites (tertiary alicyclic amines) is 1. The lowest BCUT2D eigenvalue weighted by atomic mass is 10.1. The van der Waals surface area contributed by atoms with Crippen LogP contribution in [0.5, 0.6) is 0 Å². The Bertz CT molecular complexity index is 936. The minimum atomic E-state index is -3.71. The van der Waals surface area contributed by atoms with E-state index in [1.54, 1.807) is 30.3 Å². The van der Waals surface area contributed by atoms with Crippen molar-refractivity contribution >= 4 is 33.2 Å². The Morgan fingerprint density at radius 3 is 2.26 bits per heavy atom. The molecule has 0 N–H and O–H groups in total. The average Bonchev–Trinajstić information content (AvgIpc) is 2.68. The predicted molar refractivity (Wildman–Crippen MR) is 108 cm³/mol. The van der Waals surface area contributed by atoms with Crippen LogP contribution in [-0.4, -0.2) is 39.4 Å². The molecule has 1 aliphatic rings. The maximum absolute atomic E-state index is 12.9. The molecule has 7 heteroatoms. The molecule has 0 aliphatic carbocycles. The van der Waals surface area contributed by atoms with Gasteiger partial charge in [-0.2, -0.15) is 0 Å². The Morgan fingerprint density at radius 1 is 1.04 bits per heavy atom. The molecular weight excluding hydrogens is 384 g/mol. The zero-order chi connectivity index (χ0) is 19.6. The molecule has 0 saturated carbocycles. The van der Waals surface area contributed by atoms with Gasteiger partial charge in [0.15, 0.2) is 0 Å². The third-order valence-corrected chi connectivity index (χ3v) is 6.94. The van der Waals surface area contributed by atoms with Crippen LogP contribution >= 0.6 is 11.6 Å². The largest absolute Gasteiger partial charge is 0.339 e. The fourth-order valence-corrected chi connectivity index (χ4v) is 4.70. The first-order valence-corrected chi connectivity index (χ1v) is 10.8. The van der Waals surface area contributed by atoms with Gasteiger partial charge >= 0.3 is 0 Å². The fraction of sp³-hybridized carbons (Fsp3) is 0.350. The number of carbonyl (C=O) groups excluding carboxylic acids is 1. The first-order chi connectivity index (χ1) is 12.8. The maximum Gasteiger partial charge on any atom is 0.264 e. The number of hydrogen-bond acceptors (Lipinski definition) is 3. The molecule has 5 nitrogen and oxygen atoms in total. The summed E-state index contributed by atoms with van der Waals surface area (Å²) in [6.07, 6.45) is 3.23. The Morgan fingerprint density at radius 2 is 1.67 bits per heavy atom. The van der Waals surface area contributed by atoms with Gasteiger partial charge in [0.25, 0.3) is 15.9 Å². The van der Waals surface area contributed by atoms with Crippen LogP contribution in [0.15, 0.2) is 47.4 Å². The second-order valence-electron chi connectivity index (χ2n) is 6.78. The minimum absolute atomic E-state index is 0.00700. The second kappa shape index (κ2) is 7.90. The van der Waals surface area contributed by atoms with Crippen LogP contribution in [0.4, 0.5) is 5.69 Å². The van der Waals surface area contributed by atoms with E-state index < -0.39 is 10.0 Å². The monoisotopic (exact) mass is 406 g/mol. The second-order valence-corrected chi connectivity index (χ2v) is 9.19. The van der Waals surface area contributed by atoms with E-state index >= 15 is 0 Å². The van der Waals surface area contributed by atoms with Gasteiger partial charge in [-0.15, -0.1) is 0 Å². The topological polar surface area (TPSA) is 57.7 Å². The summed E-state index contributed by atoms with van der Waals surface area (Å²) < 4.78 is 27.0. The molecule has 1 saturated heterocycles. The maximum atomic E-state index is 12.9. The van der Waals surface area contributed by atoms with Gasteiger partial charge in [-0.05, 0) is 74.2 Å². The van der Waals surface area contributed by atoms with E-state index in [0.717, 1.165) is 37.9 Å². The lowest BCUT2D eigenvalue weighted by Gasteiger charge is -2.27. The molecular formula is C20H23ClN2O3S. The zero-order valence-corrected chi connectivity index (χ0v) is 17.1. The van der Waals surface area contributed by atoms with Crippen molar-refractivity contribution in [1.29, 1.82) is 0 Å². The van der Waals surface area contributed by atoms with Crippen LogP contribution in [0, 0.1) is 6.92 Å². The minimum Gasteiger partial charge on any atom is -0.339 e. The molecule has 0 spiro atoms. The molecule has 0 atom stereocenters. The Hall–Kier alpha value is -2.05. The molecule has 0 bridgehead atoms. The summed E-state index contributed by atoms with van der Waals surface area (Å²) in [5, 5.41) is 0.480. The summed E-state index contributed by atoms with van der Waals surface area (Å²) in [7, 11) is -2.19. The summed E-state index contributed by atoms with van der Waals surface area (Å²) in [4.78, 5) is 14.7. The lowest BCUT2D eigenvalue weighted by molar-refractivity contribution is 0.0724. The van der Waals surface area contributed by atoms with Gasteiger partial charge in [-0.3, -0.25) is 9.10 Å². The van der Waals surface area contributed by atoms with Gasteiger partial charge in [0, 0.05) is 30.7 Å². The number of hydrogen-bond donors (Lipinski definition) is 0. The highest BCUT2D eigenvalue weighted by atomic mass is 35.5. The van der Waals surface area contributed by atoms with E-state index in [1.807, 2.05) is 11.8 Å².